The van der Waals surface area contributed by atoms with Gasteiger partial charge in [0, 0.05) is 13.1 Å². The number of furan rings is 1. The van der Waals surface area contributed by atoms with Crippen LogP contribution in [0, 0.1) is 5.92 Å². The van der Waals surface area contributed by atoms with Crippen molar-refractivity contribution in [1.82, 2.24) is 10.2 Å². The maximum atomic E-state index is 12.5. The normalized spacial score (nSPS) is 13.5. The average Bonchev–Trinajstić information content (AvgIpc) is 3.31. The van der Waals surface area contributed by atoms with Crippen molar-refractivity contribution in [2.24, 2.45) is 5.92 Å². The molecule has 0 atom stereocenters. The summed E-state index contributed by atoms with van der Waals surface area (Å²) in [6.07, 6.45) is 2.26. The lowest BCUT2D eigenvalue weighted by Crippen LogP contribution is -2.40. The standard InChI is InChI=1S/C18H19BrN2O4/c19-16-8-7-15(25-16)18(24)20-9-17(23)21(10-12-1-2-12)11-13-3-5-14(22)6-4-13/h3-8,12,22H,1-2,9-11H2,(H,20,24). The number of halogens is 1. The number of amides is 2. The third-order valence-corrected chi connectivity index (χ3v) is 4.46. The molecule has 132 valence electrons. The summed E-state index contributed by atoms with van der Waals surface area (Å²) in [6, 6.07) is 9.96. The van der Waals surface area contributed by atoms with Crippen LogP contribution in [0.1, 0.15) is 29.0 Å². The van der Waals surface area contributed by atoms with Crippen LogP contribution in [0.5, 0.6) is 5.75 Å². The molecule has 1 aliphatic rings. The number of nitrogens with zero attached hydrogens (tertiary/aromatic N) is 1. The predicted octanol–water partition coefficient (Wildman–Crippen LogP) is 2.92. The van der Waals surface area contributed by atoms with Crippen molar-refractivity contribution in [3.63, 3.8) is 0 Å². The fourth-order valence-corrected chi connectivity index (χ4v) is 2.79. The van der Waals surface area contributed by atoms with Crippen LogP contribution in [0.15, 0.2) is 45.5 Å². The highest BCUT2D eigenvalue weighted by atomic mass is 79.9. The molecule has 25 heavy (non-hydrogen) atoms. The molecule has 3 rings (SSSR count). The quantitative estimate of drug-likeness (QED) is 0.740. The summed E-state index contributed by atoms with van der Waals surface area (Å²) in [7, 11) is 0. The summed E-state index contributed by atoms with van der Waals surface area (Å²) >= 11 is 3.14. The van der Waals surface area contributed by atoms with Gasteiger partial charge in [-0.25, -0.2) is 0 Å². The number of phenolic OH excluding ortho intramolecular Hbond substituents is 1. The molecule has 1 fully saturated rings. The molecular formula is C18H19BrN2O4. The van der Waals surface area contributed by atoms with Gasteiger partial charge in [-0.3, -0.25) is 9.59 Å². The number of rotatable bonds is 7. The van der Waals surface area contributed by atoms with E-state index in [4.69, 9.17) is 4.42 Å². The second-order valence-electron chi connectivity index (χ2n) is 6.17. The lowest BCUT2D eigenvalue weighted by atomic mass is 10.2. The SMILES string of the molecule is O=C(NCC(=O)N(Cc1ccc(O)cc1)CC1CC1)c1ccc(Br)o1. The Morgan fingerprint density at radius 2 is 1.92 bits per heavy atom. The van der Waals surface area contributed by atoms with Crippen molar-refractivity contribution in [3.05, 3.63) is 52.4 Å². The summed E-state index contributed by atoms with van der Waals surface area (Å²) < 4.78 is 5.64. The van der Waals surface area contributed by atoms with E-state index in [1.165, 1.54) is 0 Å². The number of benzene rings is 1. The largest absolute Gasteiger partial charge is 0.508 e. The molecule has 1 saturated carbocycles. The summed E-state index contributed by atoms with van der Waals surface area (Å²) in [5.41, 5.74) is 0.938. The van der Waals surface area contributed by atoms with Crippen molar-refractivity contribution < 1.29 is 19.1 Å². The number of hydrogen-bond donors (Lipinski definition) is 2. The molecule has 1 aromatic heterocycles. The monoisotopic (exact) mass is 406 g/mol. The molecule has 1 aliphatic carbocycles. The van der Waals surface area contributed by atoms with Gasteiger partial charge in [-0.05, 0) is 64.5 Å². The Kier molecular flexibility index (Phi) is 5.43. The van der Waals surface area contributed by atoms with Gasteiger partial charge in [0.1, 0.15) is 5.75 Å². The fourth-order valence-electron chi connectivity index (χ4n) is 2.48. The third kappa shape index (κ3) is 5.09. The van der Waals surface area contributed by atoms with Crippen molar-refractivity contribution in [2.45, 2.75) is 19.4 Å². The topological polar surface area (TPSA) is 82.8 Å². The van der Waals surface area contributed by atoms with Crippen molar-refractivity contribution in [1.29, 1.82) is 0 Å². The highest BCUT2D eigenvalue weighted by molar-refractivity contribution is 9.10. The van der Waals surface area contributed by atoms with Crippen LogP contribution in [0.3, 0.4) is 0 Å². The highest BCUT2D eigenvalue weighted by Crippen LogP contribution is 2.30. The number of nitrogens with one attached hydrogen (secondary N) is 1. The predicted molar refractivity (Wildman–Crippen MR) is 95.0 cm³/mol. The summed E-state index contributed by atoms with van der Waals surface area (Å²) in [4.78, 5) is 26.3. The van der Waals surface area contributed by atoms with E-state index in [2.05, 4.69) is 21.2 Å². The van der Waals surface area contributed by atoms with Crippen LogP contribution in [0.25, 0.3) is 0 Å². The minimum absolute atomic E-state index is 0.0814. The van der Waals surface area contributed by atoms with Crippen molar-refractivity contribution in [2.75, 3.05) is 13.1 Å². The molecule has 2 amide bonds. The Balaban J connectivity index is 1.58. The minimum Gasteiger partial charge on any atom is -0.508 e. The Morgan fingerprint density at radius 1 is 1.20 bits per heavy atom. The summed E-state index contributed by atoms with van der Waals surface area (Å²) in [5, 5.41) is 12.0. The minimum atomic E-state index is -0.421. The van der Waals surface area contributed by atoms with Crippen LogP contribution < -0.4 is 5.32 Å². The van der Waals surface area contributed by atoms with E-state index in [1.54, 1.807) is 41.3 Å². The maximum absolute atomic E-state index is 12.5. The third-order valence-electron chi connectivity index (χ3n) is 4.04. The van der Waals surface area contributed by atoms with E-state index in [9.17, 15) is 14.7 Å². The lowest BCUT2D eigenvalue weighted by molar-refractivity contribution is -0.131. The van der Waals surface area contributed by atoms with E-state index in [1.807, 2.05) is 0 Å². The van der Waals surface area contributed by atoms with Gasteiger partial charge >= 0.3 is 0 Å². The van der Waals surface area contributed by atoms with Crippen LogP contribution in [-0.2, 0) is 11.3 Å². The van der Waals surface area contributed by atoms with Crippen molar-refractivity contribution in [3.8, 4) is 5.75 Å². The van der Waals surface area contributed by atoms with Gasteiger partial charge in [-0.15, -0.1) is 0 Å². The van der Waals surface area contributed by atoms with Gasteiger partial charge in [-0.2, -0.15) is 0 Å². The second kappa shape index (κ2) is 7.74. The summed E-state index contributed by atoms with van der Waals surface area (Å²) in [5.74, 6) is 0.333. The Hall–Kier alpha value is -2.28. The Labute approximate surface area is 153 Å². The van der Waals surface area contributed by atoms with E-state index in [-0.39, 0.29) is 24.0 Å². The first-order valence-electron chi connectivity index (χ1n) is 8.10. The summed E-state index contributed by atoms with van der Waals surface area (Å²) in [6.45, 7) is 1.06. The molecule has 1 aromatic carbocycles. The van der Waals surface area contributed by atoms with E-state index in [0.29, 0.717) is 23.7 Å². The number of carbonyl (C=O) groups excluding carboxylic acids is 2. The molecule has 0 spiro atoms. The first kappa shape index (κ1) is 17.5. The van der Waals surface area contributed by atoms with Gasteiger partial charge in [0.2, 0.25) is 5.91 Å². The van der Waals surface area contributed by atoms with Gasteiger partial charge in [0.15, 0.2) is 10.4 Å². The average molecular weight is 407 g/mol. The Morgan fingerprint density at radius 3 is 2.52 bits per heavy atom. The Bertz CT molecular complexity index is 753. The zero-order valence-electron chi connectivity index (χ0n) is 13.6. The second-order valence-corrected chi connectivity index (χ2v) is 6.95. The molecule has 2 N–H and O–H groups in total. The van der Waals surface area contributed by atoms with Gasteiger partial charge in [0.25, 0.3) is 5.91 Å². The molecular weight excluding hydrogens is 388 g/mol. The zero-order valence-corrected chi connectivity index (χ0v) is 15.2. The maximum Gasteiger partial charge on any atom is 0.287 e. The van der Waals surface area contributed by atoms with E-state index in [0.717, 1.165) is 18.4 Å². The van der Waals surface area contributed by atoms with Crippen LogP contribution in [0.4, 0.5) is 0 Å². The van der Waals surface area contributed by atoms with E-state index >= 15 is 0 Å². The molecule has 2 aromatic rings. The van der Waals surface area contributed by atoms with Gasteiger partial charge < -0.3 is 19.7 Å². The first-order chi connectivity index (χ1) is 12.0. The number of aromatic hydroxyl groups is 1. The van der Waals surface area contributed by atoms with E-state index < -0.39 is 5.91 Å². The molecule has 0 unspecified atom stereocenters. The molecule has 1 heterocycles. The number of carbonyl (C=O) groups is 2. The molecule has 0 saturated heterocycles. The highest BCUT2D eigenvalue weighted by Gasteiger charge is 2.27. The smallest absolute Gasteiger partial charge is 0.287 e. The van der Waals surface area contributed by atoms with Gasteiger partial charge in [0.05, 0.1) is 6.54 Å². The van der Waals surface area contributed by atoms with Crippen molar-refractivity contribution >= 4 is 27.7 Å². The van der Waals surface area contributed by atoms with Crippen LogP contribution in [-0.4, -0.2) is 34.9 Å². The number of hydrogen-bond acceptors (Lipinski definition) is 4. The number of phenols is 1. The molecule has 6 nitrogen and oxygen atoms in total. The fraction of sp³-hybridized carbons (Fsp3) is 0.333. The molecule has 0 bridgehead atoms. The zero-order chi connectivity index (χ0) is 17.8. The molecule has 7 heteroatoms. The van der Waals surface area contributed by atoms with Gasteiger partial charge in [-0.1, -0.05) is 12.1 Å². The van der Waals surface area contributed by atoms with Crippen LogP contribution in [0.2, 0.25) is 0 Å². The first-order valence-corrected chi connectivity index (χ1v) is 8.90. The molecule has 0 radical (unpaired) electrons. The van der Waals surface area contributed by atoms with Crippen LogP contribution >= 0.6 is 15.9 Å². The molecule has 0 aliphatic heterocycles. The lowest BCUT2D eigenvalue weighted by Gasteiger charge is -2.23.